The first-order valence-electron chi connectivity index (χ1n) is 8.04. The monoisotopic (exact) mass is 367 g/mol. The van der Waals surface area contributed by atoms with Crippen molar-refractivity contribution in [3.05, 3.63) is 59.4 Å². The summed E-state index contributed by atoms with van der Waals surface area (Å²) in [5.74, 6) is -1.92. The summed E-state index contributed by atoms with van der Waals surface area (Å²) >= 11 is 0. The molecule has 3 unspecified atom stereocenters. The quantitative estimate of drug-likeness (QED) is 0.757. The van der Waals surface area contributed by atoms with Crippen LogP contribution in [0.2, 0.25) is 0 Å². The van der Waals surface area contributed by atoms with Gasteiger partial charge in [-0.05, 0) is 53.5 Å². The van der Waals surface area contributed by atoms with E-state index in [0.29, 0.717) is 12.0 Å². The fraction of sp³-hybridized carbons (Fsp3) is 0.333. The summed E-state index contributed by atoms with van der Waals surface area (Å²) in [4.78, 5) is 0. The molecule has 1 fully saturated rings. The molecule has 1 aliphatic heterocycles. The smallest absolute Gasteiger partial charge is 0.134 e. The fourth-order valence-electron chi connectivity index (χ4n) is 3.26. The van der Waals surface area contributed by atoms with E-state index >= 15 is 0 Å². The summed E-state index contributed by atoms with van der Waals surface area (Å²) in [5, 5.41) is 3.34. The van der Waals surface area contributed by atoms with Crippen LogP contribution in [0.25, 0.3) is 11.1 Å². The molecule has 2 aromatic rings. The van der Waals surface area contributed by atoms with Crippen LogP contribution < -0.4 is 10.0 Å². The van der Waals surface area contributed by atoms with Gasteiger partial charge in [0.15, 0.2) is 0 Å². The molecule has 0 aromatic heterocycles. The molecule has 0 bridgehead atoms. The minimum absolute atomic E-state index is 0.0225. The van der Waals surface area contributed by atoms with Crippen molar-refractivity contribution in [3.8, 4) is 11.1 Å². The average molecular weight is 367 g/mol. The van der Waals surface area contributed by atoms with Crippen molar-refractivity contribution in [1.82, 2.24) is 10.0 Å². The van der Waals surface area contributed by atoms with Crippen LogP contribution in [-0.2, 0) is 17.3 Å². The average Bonchev–Trinajstić information content (AvgIpc) is 2.94. The number of benzene rings is 2. The predicted octanol–water partition coefficient (Wildman–Crippen LogP) is 3.56. The zero-order chi connectivity index (χ0) is 18.0. The number of hydrogen-bond acceptors (Lipinski definition) is 2. The Balaban J connectivity index is 1.87. The molecule has 0 aliphatic carbocycles. The molecule has 0 radical (unpaired) electrons. The molecule has 1 saturated heterocycles. The normalized spacial score (nSPS) is 21.4. The summed E-state index contributed by atoms with van der Waals surface area (Å²) in [6.07, 6.45) is 3.12. The van der Waals surface area contributed by atoms with E-state index in [0.717, 1.165) is 31.2 Å². The van der Waals surface area contributed by atoms with Crippen molar-refractivity contribution in [2.24, 2.45) is 0 Å². The molecule has 3 nitrogen and oxygen atoms in total. The molecule has 25 heavy (non-hydrogen) atoms. The van der Waals surface area contributed by atoms with Gasteiger partial charge in [0.1, 0.15) is 17.5 Å². The highest BCUT2D eigenvalue weighted by Gasteiger charge is 2.28. The number of nitrogens with one attached hydrogen (secondary N) is 3. The summed E-state index contributed by atoms with van der Waals surface area (Å²) < 4.78 is 52.7. The molecule has 3 atom stereocenters. The summed E-state index contributed by atoms with van der Waals surface area (Å²) in [6, 6.07) is 8.08. The Morgan fingerprint density at radius 2 is 1.92 bits per heavy atom. The van der Waals surface area contributed by atoms with E-state index in [9.17, 15) is 13.2 Å². The van der Waals surface area contributed by atoms with E-state index in [2.05, 4.69) is 10.0 Å². The van der Waals surface area contributed by atoms with Gasteiger partial charge in [-0.25, -0.2) is 13.2 Å². The third-order valence-electron chi connectivity index (χ3n) is 4.37. The molecular weight excluding hydrogens is 347 g/mol. The Bertz CT molecular complexity index is 777. The third-order valence-corrected chi connectivity index (χ3v) is 5.02. The first-order valence-corrected chi connectivity index (χ1v) is 9.68. The van der Waals surface area contributed by atoms with Crippen LogP contribution in [0.4, 0.5) is 13.2 Å². The Kier molecular flexibility index (Phi) is 5.56. The van der Waals surface area contributed by atoms with Gasteiger partial charge in [-0.15, -0.1) is 0 Å². The number of hydrogen-bond donors (Lipinski definition) is 3. The second-order valence-corrected chi connectivity index (χ2v) is 7.48. The van der Waals surface area contributed by atoms with Crippen LogP contribution in [0.15, 0.2) is 36.4 Å². The second-order valence-electron chi connectivity index (χ2n) is 6.22. The Labute approximate surface area is 147 Å². The van der Waals surface area contributed by atoms with E-state index in [1.807, 2.05) is 0 Å². The Hall–Kier alpha value is -1.70. The minimum atomic E-state index is -0.730. The van der Waals surface area contributed by atoms with Gasteiger partial charge in [-0.3, -0.25) is 9.50 Å². The fourth-order valence-corrected chi connectivity index (χ4v) is 3.99. The zero-order valence-corrected chi connectivity index (χ0v) is 14.6. The molecule has 1 aliphatic rings. The Morgan fingerprint density at radius 3 is 2.60 bits per heavy atom. The highest BCUT2D eigenvalue weighted by atomic mass is 32.2. The van der Waals surface area contributed by atoms with Crippen LogP contribution in [0.1, 0.15) is 12.0 Å². The van der Waals surface area contributed by atoms with Crippen molar-refractivity contribution in [2.45, 2.75) is 24.9 Å². The topological polar surface area (TPSA) is 47.9 Å². The molecule has 1 heterocycles. The highest BCUT2D eigenvalue weighted by molar-refractivity contribution is 7.83. The summed E-state index contributed by atoms with van der Waals surface area (Å²) in [5.41, 5.74) is 0.871. The van der Waals surface area contributed by atoms with E-state index in [4.69, 9.17) is 4.78 Å². The lowest BCUT2D eigenvalue weighted by atomic mass is 9.96. The molecule has 2 aromatic carbocycles. The van der Waals surface area contributed by atoms with Gasteiger partial charge in [-0.2, -0.15) is 0 Å². The van der Waals surface area contributed by atoms with Crippen LogP contribution in [-0.4, -0.2) is 24.9 Å². The van der Waals surface area contributed by atoms with Gasteiger partial charge in [0, 0.05) is 30.0 Å². The second kappa shape index (κ2) is 7.68. The third kappa shape index (κ3) is 4.29. The zero-order valence-electron chi connectivity index (χ0n) is 13.8. The van der Waals surface area contributed by atoms with E-state index in [-0.39, 0.29) is 23.2 Å². The summed E-state index contributed by atoms with van der Waals surface area (Å²) in [7, 11) is -0.646. The minimum Gasteiger partial charge on any atom is -0.312 e. The molecule has 0 spiro atoms. The van der Waals surface area contributed by atoms with Crippen molar-refractivity contribution in [3.63, 3.8) is 0 Å². The predicted molar refractivity (Wildman–Crippen MR) is 94.8 cm³/mol. The van der Waals surface area contributed by atoms with Gasteiger partial charge >= 0.3 is 0 Å². The van der Waals surface area contributed by atoms with Gasteiger partial charge in [0.05, 0.1) is 0 Å². The molecule has 0 amide bonds. The van der Waals surface area contributed by atoms with Crippen molar-refractivity contribution >= 4 is 10.9 Å². The summed E-state index contributed by atoms with van der Waals surface area (Å²) in [6.45, 7) is 0.815. The molecule has 0 saturated carbocycles. The van der Waals surface area contributed by atoms with E-state index in [1.54, 1.807) is 18.4 Å². The largest absolute Gasteiger partial charge is 0.312 e. The van der Waals surface area contributed by atoms with Crippen molar-refractivity contribution < 1.29 is 13.2 Å². The van der Waals surface area contributed by atoms with Gasteiger partial charge < -0.3 is 5.32 Å². The maximum atomic E-state index is 14.9. The molecule has 7 heteroatoms. The van der Waals surface area contributed by atoms with E-state index < -0.39 is 28.3 Å². The Morgan fingerprint density at radius 1 is 1.20 bits per heavy atom. The standard InChI is InChI=1S/C18H20F3N3S/c1-25(22)24-16-5-6-23-17(16)9-11-3-2-4-15(18(11)21)12-7-13(19)10-14(20)8-12/h2-4,7-8,10,16-17,23H,5-6,9H2,1H3,(H2,22,24). The molecular formula is C18H20F3N3S. The van der Waals surface area contributed by atoms with Crippen LogP contribution in [0, 0.1) is 22.2 Å². The lowest BCUT2D eigenvalue weighted by Gasteiger charge is -2.21. The lowest BCUT2D eigenvalue weighted by molar-refractivity contribution is 0.502. The number of rotatable bonds is 5. The van der Waals surface area contributed by atoms with Gasteiger partial charge in [0.2, 0.25) is 0 Å². The van der Waals surface area contributed by atoms with Crippen LogP contribution in [0.3, 0.4) is 0 Å². The maximum absolute atomic E-state index is 14.9. The molecule has 3 N–H and O–H groups in total. The molecule has 3 rings (SSSR count). The molecule has 134 valence electrons. The first kappa shape index (κ1) is 18.1. The van der Waals surface area contributed by atoms with E-state index in [1.165, 1.54) is 6.07 Å². The van der Waals surface area contributed by atoms with Gasteiger partial charge in [-0.1, -0.05) is 18.2 Å². The number of halogens is 3. The van der Waals surface area contributed by atoms with Crippen LogP contribution in [0.5, 0.6) is 0 Å². The SMILES string of the molecule is CS(=N)NC1CCNC1Cc1cccc(-c2cc(F)cc(F)c2)c1F. The lowest BCUT2D eigenvalue weighted by Crippen LogP contribution is -2.42. The first-order chi connectivity index (χ1) is 11.9. The van der Waals surface area contributed by atoms with Gasteiger partial charge in [0.25, 0.3) is 0 Å². The van der Waals surface area contributed by atoms with Crippen molar-refractivity contribution in [1.29, 1.82) is 4.78 Å². The van der Waals surface area contributed by atoms with Crippen molar-refractivity contribution in [2.75, 3.05) is 12.8 Å². The van der Waals surface area contributed by atoms with Crippen LogP contribution >= 0.6 is 0 Å². The maximum Gasteiger partial charge on any atom is 0.134 e. The highest BCUT2D eigenvalue weighted by Crippen LogP contribution is 2.28.